The van der Waals surface area contributed by atoms with Crippen LogP contribution < -0.4 is 5.32 Å². The molecule has 1 atom stereocenters. The molecule has 1 amide bonds. The van der Waals surface area contributed by atoms with Crippen molar-refractivity contribution in [3.8, 4) is 0 Å². The van der Waals surface area contributed by atoms with Crippen LogP contribution in [0.3, 0.4) is 0 Å². The number of aromatic amines is 1. The largest absolute Gasteiger partial charge is 0.445 e. The Balaban J connectivity index is 1.44. The van der Waals surface area contributed by atoms with Crippen molar-refractivity contribution < 1.29 is 19.1 Å². The molecule has 0 saturated heterocycles. The van der Waals surface area contributed by atoms with Gasteiger partial charge in [0, 0.05) is 0 Å². The van der Waals surface area contributed by atoms with E-state index in [1.54, 1.807) is 13.1 Å². The maximum absolute atomic E-state index is 12.5. The number of rotatable bonds is 9. The molecule has 0 unspecified atom stereocenters. The highest BCUT2D eigenvalue weighted by molar-refractivity contribution is 5.98. The Kier molecular flexibility index (Phi) is 7.13. The van der Waals surface area contributed by atoms with Crippen LogP contribution in [-0.4, -0.2) is 27.9 Å². The lowest BCUT2D eigenvalue weighted by Crippen LogP contribution is -2.39. The predicted molar refractivity (Wildman–Crippen MR) is 107 cm³/mol. The number of ether oxygens (including phenoxy) is 2. The average Bonchev–Trinajstić information content (AvgIpc) is 3.22. The van der Waals surface area contributed by atoms with E-state index in [1.807, 2.05) is 60.7 Å². The first kappa shape index (κ1) is 20.3. The van der Waals surface area contributed by atoms with Crippen LogP contribution in [0.1, 0.15) is 34.4 Å². The number of nitrogens with one attached hydrogen (secondary N) is 2. The molecule has 3 aromatic rings. The molecule has 0 radical (unpaired) electrons. The van der Waals surface area contributed by atoms with E-state index in [0.717, 1.165) is 11.1 Å². The summed E-state index contributed by atoms with van der Waals surface area (Å²) in [6.45, 7) is 2.49. The van der Waals surface area contributed by atoms with Crippen molar-refractivity contribution in [2.45, 2.75) is 32.8 Å². The summed E-state index contributed by atoms with van der Waals surface area (Å²) in [5.74, 6) is -0.171. The first-order chi connectivity index (χ1) is 14.1. The number of amides is 1. The second kappa shape index (κ2) is 10.2. The smallest absolute Gasteiger partial charge is 0.408 e. The number of alkyl carbamates (subject to hydrolysis) is 1. The topological polar surface area (TPSA) is 93.3 Å². The van der Waals surface area contributed by atoms with Gasteiger partial charge in [-0.15, -0.1) is 0 Å². The Morgan fingerprint density at radius 1 is 0.966 bits per heavy atom. The van der Waals surface area contributed by atoms with Gasteiger partial charge in [-0.05, 0) is 18.1 Å². The third kappa shape index (κ3) is 6.29. The molecule has 1 heterocycles. The summed E-state index contributed by atoms with van der Waals surface area (Å²) < 4.78 is 10.8. The lowest BCUT2D eigenvalue weighted by Gasteiger charge is -2.12. The lowest BCUT2D eigenvalue weighted by atomic mass is 10.2. The van der Waals surface area contributed by atoms with Gasteiger partial charge in [0.05, 0.1) is 31.1 Å². The molecule has 2 N–H and O–H groups in total. The van der Waals surface area contributed by atoms with Crippen LogP contribution in [0.4, 0.5) is 4.79 Å². The zero-order valence-electron chi connectivity index (χ0n) is 16.1. The fourth-order valence-electron chi connectivity index (χ4n) is 2.62. The number of hydrogen-bond donors (Lipinski definition) is 2. The number of nitrogens with zero attached hydrogens (tertiary/aromatic N) is 1. The van der Waals surface area contributed by atoms with Crippen molar-refractivity contribution in [1.82, 2.24) is 15.3 Å². The molecule has 7 heteroatoms. The van der Waals surface area contributed by atoms with E-state index in [1.165, 1.54) is 0 Å². The van der Waals surface area contributed by atoms with Crippen molar-refractivity contribution in [2.75, 3.05) is 0 Å². The molecule has 29 heavy (non-hydrogen) atoms. The Bertz CT molecular complexity index is 926. The fourth-order valence-corrected chi connectivity index (χ4v) is 2.62. The second-order valence-corrected chi connectivity index (χ2v) is 6.53. The van der Waals surface area contributed by atoms with Gasteiger partial charge in [0.2, 0.25) is 5.78 Å². The number of H-pyrrole nitrogens is 1. The number of carbonyl (C=O) groups excluding carboxylic acids is 2. The second-order valence-electron chi connectivity index (χ2n) is 6.53. The van der Waals surface area contributed by atoms with Gasteiger partial charge in [-0.1, -0.05) is 60.7 Å². The monoisotopic (exact) mass is 393 g/mol. The van der Waals surface area contributed by atoms with E-state index >= 15 is 0 Å². The van der Waals surface area contributed by atoms with Crippen molar-refractivity contribution in [3.63, 3.8) is 0 Å². The van der Waals surface area contributed by atoms with Gasteiger partial charge in [0.25, 0.3) is 0 Å². The number of benzene rings is 2. The molecule has 2 aromatic carbocycles. The van der Waals surface area contributed by atoms with Gasteiger partial charge >= 0.3 is 6.09 Å². The number of aromatic nitrogens is 2. The van der Waals surface area contributed by atoms with E-state index in [4.69, 9.17) is 9.47 Å². The molecule has 0 aliphatic carbocycles. The zero-order valence-corrected chi connectivity index (χ0v) is 16.1. The molecule has 0 aliphatic heterocycles. The highest BCUT2D eigenvalue weighted by Gasteiger charge is 2.21. The predicted octanol–water partition coefficient (Wildman–Crippen LogP) is 3.62. The minimum Gasteiger partial charge on any atom is -0.445 e. The van der Waals surface area contributed by atoms with Gasteiger partial charge < -0.3 is 19.8 Å². The number of hydrogen-bond acceptors (Lipinski definition) is 5. The standard InChI is InChI=1S/C22H23N3O4/c1-16(24-22(27)29-14-18-10-6-3-7-11-18)20(26)21-23-12-19(25-21)15-28-13-17-8-4-2-5-9-17/h2-12,16H,13-15H2,1H3,(H,23,25)(H,24,27)/t16-/m0/s1. The van der Waals surface area contributed by atoms with Crippen molar-refractivity contribution in [3.05, 3.63) is 89.5 Å². The first-order valence-electron chi connectivity index (χ1n) is 9.29. The van der Waals surface area contributed by atoms with Gasteiger partial charge in [-0.25, -0.2) is 9.78 Å². The quantitative estimate of drug-likeness (QED) is 0.542. The summed E-state index contributed by atoms with van der Waals surface area (Å²) in [4.78, 5) is 31.4. The van der Waals surface area contributed by atoms with Crippen molar-refractivity contribution in [1.29, 1.82) is 0 Å². The van der Waals surface area contributed by atoms with E-state index in [0.29, 0.717) is 18.9 Å². The number of imidazole rings is 1. The fraction of sp³-hybridized carbons (Fsp3) is 0.227. The molecule has 3 rings (SSSR count). The molecule has 0 bridgehead atoms. The summed E-state index contributed by atoms with van der Waals surface area (Å²) in [5.41, 5.74) is 2.62. The SMILES string of the molecule is C[C@H](NC(=O)OCc1ccccc1)C(=O)c1ncc(COCc2ccccc2)[nH]1. The van der Waals surface area contributed by atoms with Crippen LogP contribution in [-0.2, 0) is 29.3 Å². The van der Waals surface area contributed by atoms with E-state index in [-0.39, 0.29) is 18.2 Å². The maximum Gasteiger partial charge on any atom is 0.408 e. The minimum absolute atomic E-state index is 0.136. The van der Waals surface area contributed by atoms with E-state index in [9.17, 15) is 9.59 Å². The van der Waals surface area contributed by atoms with Crippen LogP contribution in [0.15, 0.2) is 66.9 Å². The molecule has 0 fully saturated rings. The summed E-state index contributed by atoms with van der Waals surface area (Å²) in [6, 6.07) is 18.3. The van der Waals surface area contributed by atoms with E-state index in [2.05, 4.69) is 15.3 Å². The first-order valence-corrected chi connectivity index (χ1v) is 9.29. The lowest BCUT2D eigenvalue weighted by molar-refractivity contribution is 0.0915. The summed E-state index contributed by atoms with van der Waals surface area (Å²) >= 11 is 0. The van der Waals surface area contributed by atoms with Crippen LogP contribution in [0.2, 0.25) is 0 Å². The van der Waals surface area contributed by atoms with Crippen LogP contribution in [0, 0.1) is 0 Å². The molecule has 1 aromatic heterocycles. The normalized spacial score (nSPS) is 11.6. The highest BCUT2D eigenvalue weighted by atomic mass is 16.5. The van der Waals surface area contributed by atoms with Gasteiger partial charge in [-0.3, -0.25) is 4.79 Å². The average molecular weight is 393 g/mol. The van der Waals surface area contributed by atoms with Crippen LogP contribution in [0.5, 0.6) is 0 Å². The Hall–Kier alpha value is -3.45. The number of Topliss-reactive ketones (excluding diaryl/α,β-unsaturated/α-hetero) is 1. The van der Waals surface area contributed by atoms with Gasteiger partial charge in [-0.2, -0.15) is 0 Å². The molecular weight excluding hydrogens is 370 g/mol. The van der Waals surface area contributed by atoms with Gasteiger partial charge in [0.1, 0.15) is 6.61 Å². The highest BCUT2D eigenvalue weighted by Crippen LogP contribution is 2.07. The zero-order chi connectivity index (χ0) is 20.5. The molecule has 150 valence electrons. The Morgan fingerprint density at radius 2 is 1.59 bits per heavy atom. The Labute approximate surface area is 169 Å². The van der Waals surface area contributed by atoms with E-state index < -0.39 is 12.1 Å². The van der Waals surface area contributed by atoms with Gasteiger partial charge in [0.15, 0.2) is 5.82 Å². The molecule has 0 spiro atoms. The third-order valence-corrected chi connectivity index (χ3v) is 4.17. The van der Waals surface area contributed by atoms with Crippen LogP contribution in [0.25, 0.3) is 0 Å². The molecule has 0 saturated carbocycles. The van der Waals surface area contributed by atoms with Crippen LogP contribution >= 0.6 is 0 Å². The summed E-state index contributed by atoms with van der Waals surface area (Å²) in [6.07, 6.45) is 0.895. The molecule has 7 nitrogen and oxygen atoms in total. The summed E-state index contributed by atoms with van der Waals surface area (Å²) in [7, 11) is 0. The number of ketones is 1. The molecule has 0 aliphatic rings. The summed E-state index contributed by atoms with van der Waals surface area (Å²) in [5, 5.41) is 2.52. The maximum atomic E-state index is 12.5. The van der Waals surface area contributed by atoms with Crippen molar-refractivity contribution in [2.24, 2.45) is 0 Å². The molecular formula is C22H23N3O4. The minimum atomic E-state index is -0.775. The number of carbonyl (C=O) groups is 2. The third-order valence-electron chi connectivity index (χ3n) is 4.17. The Morgan fingerprint density at radius 3 is 2.24 bits per heavy atom. The van der Waals surface area contributed by atoms with Crippen molar-refractivity contribution >= 4 is 11.9 Å².